The number of nitrogens with zero attached hydrogens (tertiary/aromatic N) is 1. The molecule has 0 saturated heterocycles. The Hall–Kier alpha value is -0.830. The average molecular weight is 176 g/mol. The summed E-state index contributed by atoms with van der Waals surface area (Å²) in [5.41, 5.74) is 1.34. The minimum atomic E-state index is -0.506. The Kier molecular flexibility index (Phi) is 4.54. The summed E-state index contributed by atoms with van der Waals surface area (Å²) in [7, 11) is 1.44. The minimum absolute atomic E-state index is 0.506. The second kappa shape index (κ2) is 4.91. The van der Waals surface area contributed by atoms with E-state index in [2.05, 4.69) is 9.99 Å². The SMILES string of the molecule is CON=C(C)C(C)=CC(=O)Cl. The van der Waals surface area contributed by atoms with Gasteiger partial charge in [0, 0.05) is 6.08 Å². The van der Waals surface area contributed by atoms with E-state index >= 15 is 0 Å². The van der Waals surface area contributed by atoms with E-state index in [9.17, 15) is 4.79 Å². The third kappa shape index (κ3) is 4.56. The van der Waals surface area contributed by atoms with Crippen LogP contribution in [0.1, 0.15) is 13.8 Å². The molecular formula is C7H10ClNO2. The van der Waals surface area contributed by atoms with Crippen molar-refractivity contribution in [2.45, 2.75) is 13.8 Å². The molecule has 0 aromatic rings. The van der Waals surface area contributed by atoms with Crippen LogP contribution in [0.5, 0.6) is 0 Å². The lowest BCUT2D eigenvalue weighted by atomic mass is 10.2. The molecular weight excluding hydrogens is 166 g/mol. The molecule has 11 heavy (non-hydrogen) atoms. The number of allylic oxidation sites excluding steroid dienone is 2. The number of oxime groups is 1. The molecule has 0 aliphatic carbocycles. The number of carbonyl (C=O) groups excluding carboxylic acids is 1. The van der Waals surface area contributed by atoms with E-state index in [-0.39, 0.29) is 0 Å². The molecule has 0 amide bonds. The summed E-state index contributed by atoms with van der Waals surface area (Å²) in [6.07, 6.45) is 1.29. The third-order valence-electron chi connectivity index (χ3n) is 1.13. The highest BCUT2D eigenvalue weighted by Crippen LogP contribution is 1.98. The quantitative estimate of drug-likeness (QED) is 0.284. The highest BCUT2D eigenvalue weighted by atomic mass is 35.5. The Balaban J connectivity index is 4.35. The summed E-state index contributed by atoms with van der Waals surface area (Å²) >= 11 is 5.11. The molecule has 0 fully saturated rings. The Morgan fingerprint density at radius 1 is 1.55 bits per heavy atom. The molecule has 0 bridgehead atoms. The van der Waals surface area contributed by atoms with Crippen LogP contribution in [0.15, 0.2) is 16.8 Å². The highest BCUT2D eigenvalue weighted by molar-refractivity contribution is 6.66. The van der Waals surface area contributed by atoms with Crippen molar-refractivity contribution in [3.05, 3.63) is 11.6 Å². The van der Waals surface area contributed by atoms with Crippen molar-refractivity contribution >= 4 is 22.6 Å². The minimum Gasteiger partial charge on any atom is -0.399 e. The van der Waals surface area contributed by atoms with Crippen molar-refractivity contribution in [3.8, 4) is 0 Å². The largest absolute Gasteiger partial charge is 0.399 e. The van der Waals surface area contributed by atoms with E-state index in [1.165, 1.54) is 13.2 Å². The first kappa shape index (κ1) is 10.2. The molecule has 0 aliphatic rings. The normalized spacial score (nSPS) is 13.1. The van der Waals surface area contributed by atoms with Crippen molar-refractivity contribution in [1.29, 1.82) is 0 Å². The van der Waals surface area contributed by atoms with E-state index in [0.29, 0.717) is 11.3 Å². The van der Waals surface area contributed by atoms with Crippen LogP contribution in [-0.4, -0.2) is 18.1 Å². The molecule has 0 radical (unpaired) electrons. The van der Waals surface area contributed by atoms with Crippen molar-refractivity contribution in [1.82, 2.24) is 0 Å². The summed E-state index contributed by atoms with van der Waals surface area (Å²) < 4.78 is 0. The van der Waals surface area contributed by atoms with Gasteiger partial charge in [-0.15, -0.1) is 0 Å². The van der Waals surface area contributed by atoms with E-state index in [1.54, 1.807) is 13.8 Å². The maximum absolute atomic E-state index is 10.4. The molecule has 0 saturated carbocycles. The number of hydrogen-bond donors (Lipinski definition) is 0. The van der Waals surface area contributed by atoms with Crippen molar-refractivity contribution in [3.63, 3.8) is 0 Å². The molecule has 0 rings (SSSR count). The first-order valence-corrected chi connectivity index (χ1v) is 3.41. The van der Waals surface area contributed by atoms with Crippen molar-refractivity contribution < 1.29 is 9.63 Å². The second-order valence-corrected chi connectivity index (χ2v) is 2.36. The van der Waals surface area contributed by atoms with Crippen molar-refractivity contribution in [2.24, 2.45) is 5.16 Å². The van der Waals surface area contributed by atoms with Gasteiger partial charge < -0.3 is 4.84 Å². The van der Waals surface area contributed by atoms with E-state index < -0.39 is 5.24 Å². The van der Waals surface area contributed by atoms with Crippen LogP contribution in [0.2, 0.25) is 0 Å². The number of halogens is 1. The van der Waals surface area contributed by atoms with Crippen LogP contribution in [0.3, 0.4) is 0 Å². The molecule has 0 spiro atoms. The van der Waals surface area contributed by atoms with E-state index in [1.807, 2.05) is 0 Å². The highest BCUT2D eigenvalue weighted by Gasteiger charge is 1.97. The Morgan fingerprint density at radius 2 is 2.09 bits per heavy atom. The van der Waals surface area contributed by atoms with Gasteiger partial charge in [-0.3, -0.25) is 4.79 Å². The van der Waals surface area contributed by atoms with Crippen LogP contribution in [0.25, 0.3) is 0 Å². The number of hydrogen-bond acceptors (Lipinski definition) is 3. The zero-order chi connectivity index (χ0) is 8.85. The Labute approximate surface area is 70.7 Å². The summed E-state index contributed by atoms with van der Waals surface area (Å²) in [5, 5.41) is 3.11. The van der Waals surface area contributed by atoms with E-state index in [4.69, 9.17) is 11.6 Å². The summed E-state index contributed by atoms with van der Waals surface area (Å²) in [6, 6.07) is 0. The van der Waals surface area contributed by atoms with Gasteiger partial charge in [0.2, 0.25) is 5.24 Å². The summed E-state index contributed by atoms with van der Waals surface area (Å²) in [4.78, 5) is 14.9. The topological polar surface area (TPSA) is 38.7 Å². The Bertz CT molecular complexity index is 208. The molecule has 0 atom stereocenters. The molecule has 0 aliphatic heterocycles. The maximum atomic E-state index is 10.4. The predicted octanol–water partition coefficient (Wildman–Crippen LogP) is 1.72. The van der Waals surface area contributed by atoms with Gasteiger partial charge in [-0.05, 0) is 31.0 Å². The van der Waals surface area contributed by atoms with Gasteiger partial charge in [-0.1, -0.05) is 5.16 Å². The molecule has 0 unspecified atom stereocenters. The monoisotopic (exact) mass is 175 g/mol. The molecule has 0 heterocycles. The van der Waals surface area contributed by atoms with Gasteiger partial charge >= 0.3 is 0 Å². The van der Waals surface area contributed by atoms with Crippen LogP contribution in [0.4, 0.5) is 0 Å². The summed E-state index contributed by atoms with van der Waals surface area (Å²) in [5.74, 6) is 0. The molecule has 62 valence electrons. The standard InChI is InChI=1S/C7H10ClNO2/c1-5(4-7(8)10)6(2)9-11-3/h4H,1-3H3. The lowest BCUT2D eigenvalue weighted by Gasteiger charge is -1.96. The molecule has 0 N–H and O–H groups in total. The van der Waals surface area contributed by atoms with Crippen LogP contribution in [0, 0.1) is 0 Å². The fraction of sp³-hybridized carbons (Fsp3) is 0.429. The lowest BCUT2D eigenvalue weighted by Crippen LogP contribution is -1.95. The average Bonchev–Trinajstić information content (AvgIpc) is 1.86. The predicted molar refractivity (Wildman–Crippen MR) is 44.7 cm³/mol. The van der Waals surface area contributed by atoms with Gasteiger partial charge in [0.05, 0.1) is 5.71 Å². The van der Waals surface area contributed by atoms with Gasteiger partial charge in [-0.25, -0.2) is 0 Å². The van der Waals surface area contributed by atoms with E-state index in [0.717, 1.165) is 0 Å². The number of carbonyl (C=O) groups is 1. The third-order valence-corrected chi connectivity index (χ3v) is 1.24. The number of rotatable bonds is 3. The zero-order valence-corrected chi connectivity index (χ0v) is 7.47. The first-order valence-electron chi connectivity index (χ1n) is 3.03. The van der Waals surface area contributed by atoms with Gasteiger partial charge in [-0.2, -0.15) is 0 Å². The lowest BCUT2D eigenvalue weighted by molar-refractivity contribution is -0.107. The first-order chi connectivity index (χ1) is 5.07. The molecule has 0 aromatic heterocycles. The molecule has 4 heteroatoms. The smallest absolute Gasteiger partial charge is 0.245 e. The van der Waals surface area contributed by atoms with Gasteiger partial charge in [0.25, 0.3) is 0 Å². The molecule has 0 aromatic carbocycles. The van der Waals surface area contributed by atoms with Crippen LogP contribution >= 0.6 is 11.6 Å². The van der Waals surface area contributed by atoms with Gasteiger partial charge in [0.15, 0.2) is 0 Å². The zero-order valence-electron chi connectivity index (χ0n) is 6.72. The Morgan fingerprint density at radius 3 is 2.45 bits per heavy atom. The van der Waals surface area contributed by atoms with Crippen LogP contribution < -0.4 is 0 Å². The summed E-state index contributed by atoms with van der Waals surface area (Å²) in [6.45, 7) is 3.47. The maximum Gasteiger partial charge on any atom is 0.245 e. The van der Waals surface area contributed by atoms with Gasteiger partial charge in [0.1, 0.15) is 7.11 Å². The van der Waals surface area contributed by atoms with Crippen molar-refractivity contribution in [2.75, 3.05) is 7.11 Å². The molecule has 3 nitrogen and oxygen atoms in total. The fourth-order valence-corrected chi connectivity index (χ4v) is 0.647. The second-order valence-electron chi connectivity index (χ2n) is 1.99. The fourth-order valence-electron chi connectivity index (χ4n) is 0.484. The van der Waals surface area contributed by atoms with Crippen LogP contribution in [-0.2, 0) is 9.63 Å².